The quantitative estimate of drug-likeness (QED) is 0.781. The molecule has 1 fully saturated rings. The van der Waals surface area contributed by atoms with Crippen molar-refractivity contribution in [3.05, 3.63) is 0 Å². The van der Waals surface area contributed by atoms with Crippen molar-refractivity contribution in [2.45, 2.75) is 65.0 Å². The molecule has 2 heteroatoms. The van der Waals surface area contributed by atoms with Gasteiger partial charge in [-0.2, -0.15) is 0 Å². The van der Waals surface area contributed by atoms with Gasteiger partial charge in [0.1, 0.15) is 0 Å². The molecule has 0 aromatic heterocycles. The molecule has 0 radical (unpaired) electrons. The van der Waals surface area contributed by atoms with Gasteiger partial charge in [0.05, 0.1) is 0 Å². The van der Waals surface area contributed by atoms with Crippen molar-refractivity contribution >= 4 is 0 Å². The Morgan fingerprint density at radius 2 is 2.06 bits per heavy atom. The van der Waals surface area contributed by atoms with E-state index >= 15 is 0 Å². The van der Waals surface area contributed by atoms with Crippen LogP contribution in [0.3, 0.4) is 0 Å². The van der Waals surface area contributed by atoms with E-state index in [1.165, 1.54) is 32.1 Å². The zero-order valence-corrected chi connectivity index (χ0v) is 11.6. The summed E-state index contributed by atoms with van der Waals surface area (Å²) in [7, 11) is 2.25. The smallest absolute Gasteiger partial charge is 0.0193 e. The monoisotopic (exact) mass is 226 g/mol. The SMILES string of the molecule is CCC(C)C(N)CN(C)C1CCCC(C)C1. The fourth-order valence-corrected chi connectivity index (χ4v) is 2.77. The number of hydrogen-bond acceptors (Lipinski definition) is 2. The van der Waals surface area contributed by atoms with Gasteiger partial charge in [-0.05, 0) is 31.7 Å². The average Bonchev–Trinajstić information content (AvgIpc) is 2.27. The zero-order chi connectivity index (χ0) is 12.1. The second kappa shape index (κ2) is 6.61. The molecule has 0 aliphatic heterocycles. The van der Waals surface area contributed by atoms with Crippen LogP contribution in [0.5, 0.6) is 0 Å². The molecular formula is C14H30N2. The lowest BCUT2D eigenvalue weighted by Gasteiger charge is -2.36. The Morgan fingerprint density at radius 1 is 1.38 bits per heavy atom. The molecule has 0 aromatic rings. The molecule has 1 rings (SSSR count). The van der Waals surface area contributed by atoms with Crippen LogP contribution in [0.2, 0.25) is 0 Å². The third-order valence-electron chi connectivity index (χ3n) is 4.41. The van der Waals surface area contributed by atoms with E-state index in [-0.39, 0.29) is 0 Å². The average molecular weight is 226 g/mol. The third-order valence-corrected chi connectivity index (χ3v) is 4.41. The molecule has 1 aliphatic rings. The van der Waals surface area contributed by atoms with Gasteiger partial charge in [-0.1, -0.05) is 40.0 Å². The minimum atomic E-state index is 0.340. The maximum atomic E-state index is 6.23. The Balaban J connectivity index is 2.35. The Kier molecular flexibility index (Phi) is 5.77. The second-order valence-electron chi connectivity index (χ2n) is 5.91. The molecule has 2 nitrogen and oxygen atoms in total. The molecule has 0 heterocycles. The minimum Gasteiger partial charge on any atom is -0.326 e. The van der Waals surface area contributed by atoms with Crippen LogP contribution in [-0.2, 0) is 0 Å². The predicted molar refractivity (Wildman–Crippen MR) is 71.5 cm³/mol. The van der Waals surface area contributed by atoms with E-state index in [0.717, 1.165) is 18.5 Å². The van der Waals surface area contributed by atoms with Gasteiger partial charge in [-0.15, -0.1) is 0 Å². The number of nitrogens with zero attached hydrogens (tertiary/aromatic N) is 1. The summed E-state index contributed by atoms with van der Waals surface area (Å²) in [6.45, 7) is 7.94. The van der Waals surface area contributed by atoms with E-state index in [0.29, 0.717) is 12.0 Å². The lowest BCUT2D eigenvalue weighted by Crippen LogP contribution is -2.45. The molecule has 0 aromatic carbocycles. The maximum absolute atomic E-state index is 6.23. The van der Waals surface area contributed by atoms with Gasteiger partial charge in [-0.25, -0.2) is 0 Å². The largest absolute Gasteiger partial charge is 0.326 e. The van der Waals surface area contributed by atoms with Crippen molar-refractivity contribution in [3.63, 3.8) is 0 Å². The third kappa shape index (κ3) is 4.06. The lowest BCUT2D eigenvalue weighted by atomic mass is 9.86. The van der Waals surface area contributed by atoms with Crippen LogP contribution in [-0.4, -0.2) is 30.6 Å². The Hall–Kier alpha value is -0.0800. The van der Waals surface area contributed by atoms with E-state index in [1.807, 2.05) is 0 Å². The van der Waals surface area contributed by atoms with Crippen molar-refractivity contribution in [1.29, 1.82) is 0 Å². The van der Waals surface area contributed by atoms with Crippen molar-refractivity contribution in [2.75, 3.05) is 13.6 Å². The summed E-state index contributed by atoms with van der Waals surface area (Å²) < 4.78 is 0. The molecule has 4 unspecified atom stereocenters. The van der Waals surface area contributed by atoms with Crippen LogP contribution in [0.1, 0.15) is 52.9 Å². The maximum Gasteiger partial charge on any atom is 0.0193 e. The predicted octanol–water partition coefficient (Wildman–Crippen LogP) is 2.87. The Labute approximate surface area is 102 Å². The number of nitrogens with two attached hydrogens (primary N) is 1. The second-order valence-corrected chi connectivity index (χ2v) is 5.91. The topological polar surface area (TPSA) is 29.3 Å². The summed E-state index contributed by atoms with van der Waals surface area (Å²) in [4.78, 5) is 2.51. The van der Waals surface area contributed by atoms with Gasteiger partial charge in [-0.3, -0.25) is 0 Å². The first-order valence-corrected chi connectivity index (χ1v) is 7.00. The van der Waals surface area contributed by atoms with Crippen LogP contribution < -0.4 is 5.73 Å². The van der Waals surface area contributed by atoms with E-state index in [1.54, 1.807) is 0 Å². The molecule has 0 amide bonds. The summed E-state index contributed by atoms with van der Waals surface area (Å²) in [5.41, 5.74) is 6.23. The normalized spacial score (nSPS) is 30.4. The highest BCUT2D eigenvalue weighted by molar-refractivity contribution is 4.80. The summed E-state index contributed by atoms with van der Waals surface area (Å²) in [6, 6.07) is 1.12. The molecule has 2 N–H and O–H groups in total. The fraction of sp³-hybridized carbons (Fsp3) is 1.00. The summed E-state index contributed by atoms with van der Waals surface area (Å²) in [6.07, 6.45) is 6.74. The molecule has 16 heavy (non-hydrogen) atoms. The first-order valence-electron chi connectivity index (χ1n) is 7.00. The van der Waals surface area contributed by atoms with E-state index in [9.17, 15) is 0 Å². The van der Waals surface area contributed by atoms with Crippen molar-refractivity contribution < 1.29 is 0 Å². The molecule has 0 bridgehead atoms. The molecule has 96 valence electrons. The first kappa shape index (κ1) is 14.0. The highest BCUT2D eigenvalue weighted by Gasteiger charge is 2.24. The number of hydrogen-bond donors (Lipinski definition) is 1. The molecule has 1 saturated carbocycles. The van der Waals surface area contributed by atoms with Crippen LogP contribution in [0.25, 0.3) is 0 Å². The number of likely N-dealkylation sites (N-methyl/N-ethyl adjacent to an activating group) is 1. The van der Waals surface area contributed by atoms with Gasteiger partial charge >= 0.3 is 0 Å². The van der Waals surface area contributed by atoms with Gasteiger partial charge in [0.15, 0.2) is 0 Å². The summed E-state index contributed by atoms with van der Waals surface area (Å²) in [5, 5.41) is 0. The molecule has 0 spiro atoms. The van der Waals surface area contributed by atoms with Gasteiger partial charge in [0.25, 0.3) is 0 Å². The summed E-state index contributed by atoms with van der Waals surface area (Å²) >= 11 is 0. The number of rotatable bonds is 5. The van der Waals surface area contributed by atoms with Crippen LogP contribution in [0.15, 0.2) is 0 Å². The molecule has 4 atom stereocenters. The molecule has 1 aliphatic carbocycles. The van der Waals surface area contributed by atoms with Crippen LogP contribution >= 0.6 is 0 Å². The van der Waals surface area contributed by atoms with Crippen LogP contribution in [0.4, 0.5) is 0 Å². The highest BCUT2D eigenvalue weighted by Crippen LogP contribution is 2.26. The van der Waals surface area contributed by atoms with Crippen molar-refractivity contribution in [3.8, 4) is 0 Å². The van der Waals surface area contributed by atoms with Crippen molar-refractivity contribution in [1.82, 2.24) is 4.90 Å². The fourth-order valence-electron chi connectivity index (χ4n) is 2.77. The molecular weight excluding hydrogens is 196 g/mol. The van der Waals surface area contributed by atoms with E-state index in [4.69, 9.17) is 5.73 Å². The first-order chi connectivity index (χ1) is 7.54. The van der Waals surface area contributed by atoms with E-state index in [2.05, 4.69) is 32.7 Å². The van der Waals surface area contributed by atoms with Crippen molar-refractivity contribution in [2.24, 2.45) is 17.6 Å². The standard InChI is InChI=1S/C14H30N2/c1-5-12(3)14(15)10-16(4)13-8-6-7-11(2)9-13/h11-14H,5-10,15H2,1-4H3. The Morgan fingerprint density at radius 3 is 2.62 bits per heavy atom. The molecule has 0 saturated heterocycles. The lowest BCUT2D eigenvalue weighted by molar-refractivity contribution is 0.147. The minimum absolute atomic E-state index is 0.340. The zero-order valence-electron chi connectivity index (χ0n) is 11.6. The van der Waals surface area contributed by atoms with Gasteiger partial charge in [0, 0.05) is 18.6 Å². The van der Waals surface area contributed by atoms with Crippen LogP contribution in [0, 0.1) is 11.8 Å². The highest BCUT2D eigenvalue weighted by atomic mass is 15.1. The van der Waals surface area contributed by atoms with Gasteiger partial charge < -0.3 is 10.6 Å². The Bertz CT molecular complexity index is 193. The summed E-state index contributed by atoms with van der Waals surface area (Å²) in [5.74, 6) is 1.55. The van der Waals surface area contributed by atoms with E-state index < -0.39 is 0 Å². The van der Waals surface area contributed by atoms with Gasteiger partial charge in [0.2, 0.25) is 0 Å².